The lowest BCUT2D eigenvalue weighted by Crippen LogP contribution is -2.43. The summed E-state index contributed by atoms with van der Waals surface area (Å²) < 4.78 is 5.07. The zero-order valence-electron chi connectivity index (χ0n) is 12.4. The van der Waals surface area contributed by atoms with Crippen molar-refractivity contribution in [3.8, 4) is 0 Å². The molecule has 0 bridgehead atoms. The quantitative estimate of drug-likeness (QED) is 0.801. The minimum atomic E-state index is -0.988. The third-order valence-electron chi connectivity index (χ3n) is 4.13. The molecule has 0 saturated heterocycles. The van der Waals surface area contributed by atoms with Gasteiger partial charge in [-0.15, -0.1) is 0 Å². The first kappa shape index (κ1) is 14.6. The molecule has 1 unspecified atom stereocenters. The second-order valence-electron chi connectivity index (χ2n) is 5.58. The lowest BCUT2D eigenvalue weighted by molar-refractivity contribution is 0.0412. The summed E-state index contributed by atoms with van der Waals surface area (Å²) in [7, 11) is 0. The van der Waals surface area contributed by atoms with Gasteiger partial charge in [-0.1, -0.05) is 24.3 Å². The molecule has 0 aliphatic heterocycles. The van der Waals surface area contributed by atoms with Crippen LogP contribution in [-0.4, -0.2) is 22.7 Å². The molecule has 3 rings (SSSR count). The molecule has 1 atom stereocenters. The molecule has 2 aromatic rings. The predicted octanol–water partition coefficient (Wildman–Crippen LogP) is 1.62. The zero-order chi connectivity index (χ0) is 15.6. The molecule has 1 aliphatic rings. The number of urea groups is 1. The Morgan fingerprint density at radius 2 is 2.23 bits per heavy atom. The third-order valence-corrected chi connectivity index (χ3v) is 4.13. The largest absolute Gasteiger partial charge is 0.448 e. The van der Waals surface area contributed by atoms with E-state index in [-0.39, 0.29) is 12.6 Å². The van der Waals surface area contributed by atoms with Gasteiger partial charge < -0.3 is 20.2 Å². The summed E-state index contributed by atoms with van der Waals surface area (Å²) in [4.78, 5) is 15.9. The van der Waals surface area contributed by atoms with Crippen LogP contribution in [0.4, 0.5) is 4.79 Å². The fourth-order valence-electron chi connectivity index (χ4n) is 2.80. The second kappa shape index (κ2) is 5.81. The normalized spacial score (nSPS) is 19.7. The van der Waals surface area contributed by atoms with Crippen LogP contribution in [0.25, 0.3) is 0 Å². The first-order valence-electron chi connectivity index (χ1n) is 7.30. The maximum atomic E-state index is 11.9. The molecule has 0 saturated carbocycles. The summed E-state index contributed by atoms with van der Waals surface area (Å²) in [5, 5.41) is 16.2. The molecule has 116 valence electrons. The van der Waals surface area contributed by atoms with Crippen LogP contribution in [0.1, 0.15) is 29.0 Å². The third kappa shape index (κ3) is 2.82. The van der Waals surface area contributed by atoms with Crippen LogP contribution < -0.4 is 10.6 Å². The van der Waals surface area contributed by atoms with Crippen LogP contribution in [0, 0.1) is 6.92 Å². The van der Waals surface area contributed by atoms with E-state index in [1.54, 1.807) is 6.92 Å². The number of hydrogen-bond donors (Lipinski definition) is 3. The number of amides is 2. The van der Waals surface area contributed by atoms with E-state index in [0.717, 1.165) is 17.5 Å². The number of nitrogens with one attached hydrogen (secondary N) is 2. The van der Waals surface area contributed by atoms with Gasteiger partial charge in [-0.3, -0.25) is 0 Å². The van der Waals surface area contributed by atoms with Crippen molar-refractivity contribution in [2.24, 2.45) is 0 Å². The van der Waals surface area contributed by atoms with Crippen LogP contribution in [0.3, 0.4) is 0 Å². The van der Waals surface area contributed by atoms with Crippen molar-refractivity contribution in [2.45, 2.75) is 31.9 Å². The van der Waals surface area contributed by atoms with Crippen molar-refractivity contribution < 1.29 is 14.3 Å². The number of fused-ring (bicyclic) bond motifs is 1. The monoisotopic (exact) mass is 301 g/mol. The topological polar surface area (TPSA) is 87.4 Å². The Kier molecular flexibility index (Phi) is 3.85. The fourth-order valence-corrected chi connectivity index (χ4v) is 2.80. The van der Waals surface area contributed by atoms with E-state index < -0.39 is 5.60 Å². The van der Waals surface area contributed by atoms with E-state index in [9.17, 15) is 9.90 Å². The molecule has 1 aromatic heterocycles. The lowest BCUT2D eigenvalue weighted by atomic mass is 9.96. The minimum Gasteiger partial charge on any atom is -0.448 e. The summed E-state index contributed by atoms with van der Waals surface area (Å²) in [6.45, 7) is 2.27. The highest BCUT2D eigenvalue weighted by Crippen LogP contribution is 2.36. The summed E-state index contributed by atoms with van der Waals surface area (Å²) in [6, 6.07) is 7.47. The number of nitrogens with zero attached hydrogens (tertiary/aromatic N) is 1. The van der Waals surface area contributed by atoms with Gasteiger partial charge in [-0.25, -0.2) is 9.78 Å². The van der Waals surface area contributed by atoms with Gasteiger partial charge in [0.15, 0.2) is 6.39 Å². The minimum absolute atomic E-state index is 0.188. The van der Waals surface area contributed by atoms with Gasteiger partial charge in [0.2, 0.25) is 0 Å². The Balaban J connectivity index is 1.54. The first-order valence-corrected chi connectivity index (χ1v) is 7.30. The van der Waals surface area contributed by atoms with E-state index in [2.05, 4.69) is 15.6 Å². The predicted molar refractivity (Wildman–Crippen MR) is 80.1 cm³/mol. The van der Waals surface area contributed by atoms with E-state index in [4.69, 9.17) is 4.42 Å². The number of aromatic nitrogens is 1. The SMILES string of the molecule is Cc1ocnc1CNC(=O)NCC1(O)CCc2ccccc21. The van der Waals surface area contributed by atoms with Crippen molar-refractivity contribution in [3.63, 3.8) is 0 Å². The van der Waals surface area contributed by atoms with Crippen molar-refractivity contribution in [3.05, 3.63) is 53.2 Å². The molecule has 3 N–H and O–H groups in total. The fraction of sp³-hybridized carbons (Fsp3) is 0.375. The van der Waals surface area contributed by atoms with Gasteiger partial charge in [0, 0.05) is 0 Å². The van der Waals surface area contributed by atoms with Gasteiger partial charge in [-0.2, -0.15) is 0 Å². The van der Waals surface area contributed by atoms with E-state index in [1.807, 2.05) is 24.3 Å². The van der Waals surface area contributed by atoms with Crippen molar-refractivity contribution in [2.75, 3.05) is 6.54 Å². The molecule has 6 nitrogen and oxygen atoms in total. The number of hydrogen-bond acceptors (Lipinski definition) is 4. The number of oxazole rings is 1. The molecular weight excluding hydrogens is 282 g/mol. The van der Waals surface area contributed by atoms with E-state index >= 15 is 0 Å². The summed E-state index contributed by atoms with van der Waals surface area (Å²) in [6.07, 6.45) is 2.80. The van der Waals surface area contributed by atoms with Crippen molar-refractivity contribution in [1.29, 1.82) is 0 Å². The standard InChI is InChI=1S/C16H19N3O3/c1-11-14(19-10-22-11)8-17-15(20)18-9-16(21)7-6-12-4-2-3-5-13(12)16/h2-5,10,21H,6-9H2,1H3,(H2,17,18,20). The number of aliphatic hydroxyl groups is 1. The van der Waals surface area contributed by atoms with Crippen molar-refractivity contribution in [1.82, 2.24) is 15.6 Å². The second-order valence-corrected chi connectivity index (χ2v) is 5.58. The van der Waals surface area contributed by atoms with Crippen LogP contribution in [0.5, 0.6) is 0 Å². The van der Waals surface area contributed by atoms with Gasteiger partial charge >= 0.3 is 6.03 Å². The molecule has 0 fully saturated rings. The highest BCUT2D eigenvalue weighted by molar-refractivity contribution is 5.74. The Morgan fingerprint density at radius 1 is 1.41 bits per heavy atom. The maximum Gasteiger partial charge on any atom is 0.315 e. The van der Waals surface area contributed by atoms with E-state index in [1.165, 1.54) is 6.39 Å². The van der Waals surface area contributed by atoms with Gasteiger partial charge in [-0.05, 0) is 30.9 Å². The summed E-state index contributed by atoms with van der Waals surface area (Å²) in [5.74, 6) is 0.684. The average Bonchev–Trinajstić information content (AvgIpc) is 3.08. The van der Waals surface area contributed by atoms with Crippen LogP contribution in [0.2, 0.25) is 0 Å². The van der Waals surface area contributed by atoms with Crippen molar-refractivity contribution >= 4 is 6.03 Å². The average molecular weight is 301 g/mol. The molecule has 1 heterocycles. The van der Waals surface area contributed by atoms with Gasteiger partial charge in [0.1, 0.15) is 17.1 Å². The Bertz CT molecular complexity index is 683. The molecule has 0 spiro atoms. The highest BCUT2D eigenvalue weighted by atomic mass is 16.3. The Morgan fingerprint density at radius 3 is 3.00 bits per heavy atom. The molecule has 0 radical (unpaired) electrons. The number of carbonyl (C=O) groups is 1. The number of carbonyl (C=O) groups excluding carboxylic acids is 1. The number of rotatable bonds is 4. The number of benzene rings is 1. The molecule has 1 aromatic carbocycles. The maximum absolute atomic E-state index is 11.9. The van der Waals surface area contributed by atoms with Crippen LogP contribution >= 0.6 is 0 Å². The Hall–Kier alpha value is -2.34. The molecule has 1 aliphatic carbocycles. The lowest BCUT2D eigenvalue weighted by Gasteiger charge is -2.24. The van der Waals surface area contributed by atoms with Crippen LogP contribution in [0.15, 0.2) is 35.1 Å². The molecule has 2 amide bonds. The first-order chi connectivity index (χ1) is 10.6. The molecule has 6 heteroatoms. The highest BCUT2D eigenvalue weighted by Gasteiger charge is 2.36. The van der Waals surface area contributed by atoms with E-state index in [0.29, 0.717) is 24.4 Å². The van der Waals surface area contributed by atoms with Crippen LogP contribution in [-0.2, 0) is 18.6 Å². The summed E-state index contributed by atoms with van der Waals surface area (Å²) in [5.41, 5.74) is 1.76. The molecule has 22 heavy (non-hydrogen) atoms. The Labute approximate surface area is 128 Å². The summed E-state index contributed by atoms with van der Waals surface area (Å²) >= 11 is 0. The van der Waals surface area contributed by atoms with Gasteiger partial charge in [0.05, 0.1) is 13.1 Å². The number of aryl methyl sites for hydroxylation is 2. The molecular formula is C16H19N3O3. The van der Waals surface area contributed by atoms with Gasteiger partial charge in [0.25, 0.3) is 0 Å². The smallest absolute Gasteiger partial charge is 0.315 e. The zero-order valence-corrected chi connectivity index (χ0v) is 12.4.